The molecule has 0 aromatic heterocycles. The molecule has 3 aromatic rings. The fraction of sp³-hybridized carbons (Fsp3) is 0.375. The van der Waals surface area contributed by atoms with Crippen LogP contribution in [0.5, 0.6) is 0 Å². The van der Waals surface area contributed by atoms with Crippen LogP contribution >= 0.6 is 11.6 Å². The molecule has 0 bridgehead atoms. The van der Waals surface area contributed by atoms with Gasteiger partial charge in [-0.2, -0.15) is 0 Å². The number of hydrogen-bond donors (Lipinski definition) is 1. The molecule has 3 aromatic carbocycles. The van der Waals surface area contributed by atoms with Gasteiger partial charge in [0.1, 0.15) is 12.6 Å². The number of nitrogens with zero attached hydrogens (tertiary/aromatic N) is 2. The number of benzene rings is 3. The molecular formula is C32H38ClN3O4S. The Kier molecular flexibility index (Phi) is 10.1. The molecule has 1 aliphatic carbocycles. The van der Waals surface area contributed by atoms with Gasteiger partial charge in [0.05, 0.1) is 10.6 Å². The van der Waals surface area contributed by atoms with Crippen molar-refractivity contribution in [2.75, 3.05) is 10.8 Å². The first-order valence-corrected chi connectivity index (χ1v) is 15.9. The van der Waals surface area contributed by atoms with E-state index in [1.165, 1.54) is 17.0 Å². The minimum Gasteiger partial charge on any atom is -0.352 e. The van der Waals surface area contributed by atoms with Gasteiger partial charge >= 0.3 is 0 Å². The van der Waals surface area contributed by atoms with E-state index in [0.29, 0.717) is 16.3 Å². The van der Waals surface area contributed by atoms with Crippen molar-refractivity contribution in [3.8, 4) is 0 Å². The summed E-state index contributed by atoms with van der Waals surface area (Å²) in [6.07, 6.45) is 3.94. The summed E-state index contributed by atoms with van der Waals surface area (Å²) in [6, 6.07) is 21.6. The van der Waals surface area contributed by atoms with Crippen molar-refractivity contribution in [2.45, 2.75) is 75.9 Å². The van der Waals surface area contributed by atoms with Crippen molar-refractivity contribution >= 4 is 39.1 Å². The Morgan fingerprint density at radius 3 is 2.12 bits per heavy atom. The van der Waals surface area contributed by atoms with Crippen molar-refractivity contribution < 1.29 is 18.0 Å². The van der Waals surface area contributed by atoms with Crippen LogP contribution in [0.3, 0.4) is 0 Å². The lowest BCUT2D eigenvalue weighted by molar-refractivity contribution is -0.139. The van der Waals surface area contributed by atoms with Gasteiger partial charge in [-0.25, -0.2) is 8.42 Å². The Morgan fingerprint density at radius 2 is 1.51 bits per heavy atom. The number of halogens is 1. The molecule has 1 saturated carbocycles. The third kappa shape index (κ3) is 7.49. The highest BCUT2D eigenvalue weighted by Crippen LogP contribution is 2.27. The van der Waals surface area contributed by atoms with E-state index in [0.717, 1.165) is 35.6 Å². The molecular weight excluding hydrogens is 558 g/mol. The first-order valence-electron chi connectivity index (χ1n) is 14.1. The second-order valence-electron chi connectivity index (χ2n) is 10.8. The maximum atomic E-state index is 14.1. The number of rotatable bonds is 11. The van der Waals surface area contributed by atoms with Gasteiger partial charge in [-0.3, -0.25) is 13.9 Å². The molecule has 218 valence electrons. The van der Waals surface area contributed by atoms with Gasteiger partial charge in [0, 0.05) is 17.6 Å². The number of amides is 2. The number of hydrogen-bond acceptors (Lipinski definition) is 4. The van der Waals surface area contributed by atoms with Gasteiger partial charge in [-0.05, 0) is 67.1 Å². The summed E-state index contributed by atoms with van der Waals surface area (Å²) in [7, 11) is -4.10. The summed E-state index contributed by atoms with van der Waals surface area (Å²) in [5.41, 5.74) is 2.09. The first-order chi connectivity index (χ1) is 19.6. The van der Waals surface area contributed by atoms with Gasteiger partial charge in [-0.15, -0.1) is 0 Å². The molecule has 0 spiro atoms. The Bertz CT molecular complexity index is 1440. The second-order valence-corrected chi connectivity index (χ2v) is 13.1. The summed E-state index contributed by atoms with van der Waals surface area (Å²) in [4.78, 5) is 28.9. The van der Waals surface area contributed by atoms with Crippen LogP contribution in [-0.2, 0) is 26.2 Å². The molecule has 0 aliphatic heterocycles. The summed E-state index contributed by atoms with van der Waals surface area (Å²) in [5, 5.41) is 3.54. The first kappa shape index (κ1) is 30.6. The van der Waals surface area contributed by atoms with Crippen LogP contribution in [0.1, 0.15) is 63.5 Å². The number of nitrogens with one attached hydrogen (secondary N) is 1. The molecule has 0 unspecified atom stereocenters. The molecule has 4 rings (SSSR count). The highest BCUT2D eigenvalue weighted by Gasteiger charge is 2.33. The zero-order chi connectivity index (χ0) is 29.6. The van der Waals surface area contributed by atoms with Gasteiger partial charge in [-0.1, -0.05) is 86.8 Å². The maximum absolute atomic E-state index is 14.1. The van der Waals surface area contributed by atoms with E-state index in [1.54, 1.807) is 55.5 Å². The number of sulfonamides is 1. The lowest BCUT2D eigenvalue weighted by atomic mass is 10.0. The van der Waals surface area contributed by atoms with Gasteiger partial charge in [0.15, 0.2) is 0 Å². The van der Waals surface area contributed by atoms with Crippen LogP contribution in [0.15, 0.2) is 83.8 Å². The van der Waals surface area contributed by atoms with E-state index in [4.69, 9.17) is 11.6 Å². The Morgan fingerprint density at radius 1 is 0.902 bits per heavy atom. The number of carbonyl (C=O) groups is 2. The fourth-order valence-corrected chi connectivity index (χ4v) is 6.69. The molecule has 1 N–H and O–H groups in total. The molecule has 1 fully saturated rings. The fourth-order valence-electron chi connectivity index (χ4n) is 5.06. The second kappa shape index (κ2) is 13.5. The lowest BCUT2D eigenvalue weighted by Gasteiger charge is -2.32. The highest BCUT2D eigenvalue weighted by atomic mass is 35.5. The molecule has 9 heteroatoms. The number of anilines is 1. The SMILES string of the molecule is CC(C)c1ccc(N(CC(=O)N(Cc2ccccc2Cl)[C@H](C)C(=O)NC2CCCC2)S(=O)(=O)c2ccccc2)cc1. The minimum absolute atomic E-state index is 0.0588. The van der Waals surface area contributed by atoms with Crippen LogP contribution in [0.25, 0.3) is 0 Å². The summed E-state index contributed by atoms with van der Waals surface area (Å²) >= 11 is 6.44. The summed E-state index contributed by atoms with van der Waals surface area (Å²) in [5.74, 6) is -0.516. The van der Waals surface area contributed by atoms with Crippen molar-refractivity contribution in [3.63, 3.8) is 0 Å². The van der Waals surface area contributed by atoms with Crippen LogP contribution in [-0.4, -0.2) is 43.8 Å². The Labute approximate surface area is 248 Å². The molecule has 1 aliphatic rings. The van der Waals surface area contributed by atoms with Gasteiger partial charge in [0.2, 0.25) is 11.8 Å². The third-order valence-electron chi connectivity index (χ3n) is 7.63. The monoisotopic (exact) mass is 595 g/mol. The van der Waals surface area contributed by atoms with E-state index >= 15 is 0 Å². The third-order valence-corrected chi connectivity index (χ3v) is 9.78. The van der Waals surface area contributed by atoms with E-state index < -0.39 is 28.5 Å². The van der Waals surface area contributed by atoms with Crippen molar-refractivity contribution in [3.05, 3.63) is 95.0 Å². The van der Waals surface area contributed by atoms with E-state index in [2.05, 4.69) is 19.2 Å². The standard InChI is InChI=1S/C32H38ClN3O4S/c1-23(2)25-17-19-28(20-18-25)36(41(39,40)29-14-5-4-6-15-29)22-31(37)35(21-26-11-7-10-16-30(26)33)24(3)32(38)34-27-12-8-9-13-27/h4-7,10-11,14-20,23-24,27H,8-9,12-13,21-22H2,1-3H3,(H,34,38)/t24-/m1/s1. The zero-order valence-corrected chi connectivity index (χ0v) is 25.4. The topological polar surface area (TPSA) is 86.8 Å². The predicted octanol–water partition coefficient (Wildman–Crippen LogP) is 6.13. The van der Waals surface area contributed by atoms with Gasteiger partial charge in [0.25, 0.3) is 10.0 Å². The Balaban J connectivity index is 1.69. The molecule has 0 heterocycles. The lowest BCUT2D eigenvalue weighted by Crippen LogP contribution is -2.52. The molecule has 7 nitrogen and oxygen atoms in total. The molecule has 0 radical (unpaired) electrons. The van der Waals surface area contributed by atoms with E-state index in [1.807, 2.05) is 18.2 Å². The number of carbonyl (C=O) groups excluding carboxylic acids is 2. The van der Waals surface area contributed by atoms with Crippen molar-refractivity contribution in [1.82, 2.24) is 10.2 Å². The van der Waals surface area contributed by atoms with E-state index in [9.17, 15) is 18.0 Å². The predicted molar refractivity (Wildman–Crippen MR) is 163 cm³/mol. The maximum Gasteiger partial charge on any atom is 0.264 e. The smallest absolute Gasteiger partial charge is 0.264 e. The quantitative estimate of drug-likeness (QED) is 0.289. The largest absolute Gasteiger partial charge is 0.352 e. The van der Waals surface area contributed by atoms with Crippen molar-refractivity contribution in [1.29, 1.82) is 0 Å². The summed E-state index contributed by atoms with van der Waals surface area (Å²) < 4.78 is 28.9. The average Bonchev–Trinajstić information content (AvgIpc) is 3.48. The molecule has 1 atom stereocenters. The molecule has 41 heavy (non-hydrogen) atoms. The average molecular weight is 596 g/mol. The highest BCUT2D eigenvalue weighted by molar-refractivity contribution is 7.92. The van der Waals surface area contributed by atoms with E-state index in [-0.39, 0.29) is 29.3 Å². The minimum atomic E-state index is -4.10. The normalized spacial score (nSPS) is 14.6. The molecule has 0 saturated heterocycles. The van der Waals surface area contributed by atoms with Crippen LogP contribution in [0.2, 0.25) is 5.02 Å². The van der Waals surface area contributed by atoms with Crippen LogP contribution in [0.4, 0.5) is 5.69 Å². The van der Waals surface area contributed by atoms with Crippen LogP contribution < -0.4 is 9.62 Å². The van der Waals surface area contributed by atoms with Crippen LogP contribution in [0, 0.1) is 0 Å². The zero-order valence-electron chi connectivity index (χ0n) is 23.8. The molecule has 2 amide bonds. The Hall–Kier alpha value is -3.36. The summed E-state index contributed by atoms with van der Waals surface area (Å²) in [6.45, 7) is 5.36. The van der Waals surface area contributed by atoms with Crippen molar-refractivity contribution in [2.24, 2.45) is 0 Å². The van der Waals surface area contributed by atoms with Gasteiger partial charge < -0.3 is 10.2 Å².